The van der Waals surface area contributed by atoms with Crippen LogP contribution in [0.3, 0.4) is 0 Å². The smallest absolute Gasteiger partial charge is 0.206 e. The highest BCUT2D eigenvalue weighted by atomic mass is 32.2. The summed E-state index contributed by atoms with van der Waals surface area (Å²) in [4.78, 5) is 0.116. The fourth-order valence-electron chi connectivity index (χ4n) is 2.30. The van der Waals surface area contributed by atoms with E-state index in [1.54, 1.807) is 13.8 Å². The molecule has 0 saturated carbocycles. The van der Waals surface area contributed by atoms with Gasteiger partial charge in [0.05, 0.1) is 9.79 Å². The second-order valence-electron chi connectivity index (χ2n) is 5.27. The molecule has 23 heavy (non-hydrogen) atoms. The third kappa shape index (κ3) is 2.87. The van der Waals surface area contributed by atoms with Gasteiger partial charge in [-0.3, -0.25) is 0 Å². The standard InChI is InChI=1S/C18H18O4S/c1-5-13-9-15(7-11(3)17(13)19)23(21,22)16-8-12(4)18(20)14(6-2)10-16/h5-10,19-20H,1-2H2,3-4H3. The van der Waals surface area contributed by atoms with Crippen molar-refractivity contribution in [3.63, 3.8) is 0 Å². The van der Waals surface area contributed by atoms with E-state index in [0.29, 0.717) is 22.3 Å². The first kappa shape index (κ1) is 16.8. The molecule has 0 aliphatic carbocycles. The summed E-state index contributed by atoms with van der Waals surface area (Å²) in [5.74, 6) is 0.0141. The van der Waals surface area contributed by atoms with E-state index in [1.165, 1.54) is 36.4 Å². The minimum absolute atomic E-state index is 0.00705. The first-order valence-corrected chi connectivity index (χ1v) is 8.38. The Labute approximate surface area is 136 Å². The molecule has 2 N–H and O–H groups in total. The molecule has 2 aromatic carbocycles. The number of sulfone groups is 1. The second kappa shape index (κ2) is 5.93. The molecule has 0 saturated heterocycles. The monoisotopic (exact) mass is 330 g/mol. The lowest BCUT2D eigenvalue weighted by Crippen LogP contribution is -2.04. The molecule has 0 fully saturated rings. The molecule has 2 rings (SSSR count). The van der Waals surface area contributed by atoms with Crippen LogP contribution in [0.4, 0.5) is 0 Å². The Kier molecular flexibility index (Phi) is 4.34. The molecule has 0 amide bonds. The Morgan fingerprint density at radius 2 is 1.17 bits per heavy atom. The number of benzene rings is 2. The lowest BCUT2D eigenvalue weighted by Gasteiger charge is -2.12. The minimum atomic E-state index is -3.80. The van der Waals surface area contributed by atoms with Crippen LogP contribution in [0.15, 0.2) is 47.2 Å². The van der Waals surface area contributed by atoms with E-state index >= 15 is 0 Å². The predicted molar refractivity (Wildman–Crippen MR) is 91.3 cm³/mol. The summed E-state index contributed by atoms with van der Waals surface area (Å²) < 4.78 is 25.7. The average Bonchev–Trinajstić information content (AvgIpc) is 2.52. The molecule has 0 aliphatic rings. The van der Waals surface area contributed by atoms with Crippen LogP contribution in [-0.2, 0) is 9.84 Å². The summed E-state index contributed by atoms with van der Waals surface area (Å²) in [5.41, 5.74) is 1.59. The summed E-state index contributed by atoms with van der Waals surface area (Å²) in [6.07, 6.45) is 2.80. The topological polar surface area (TPSA) is 74.6 Å². The van der Waals surface area contributed by atoms with Gasteiger partial charge in [-0.25, -0.2) is 8.42 Å². The minimum Gasteiger partial charge on any atom is -0.507 e. The normalized spacial score (nSPS) is 11.2. The van der Waals surface area contributed by atoms with Gasteiger partial charge in [0.25, 0.3) is 0 Å². The average molecular weight is 330 g/mol. The molecule has 2 aromatic rings. The van der Waals surface area contributed by atoms with Crippen molar-refractivity contribution in [2.24, 2.45) is 0 Å². The van der Waals surface area contributed by atoms with Gasteiger partial charge < -0.3 is 10.2 Å². The maximum absolute atomic E-state index is 12.9. The number of hydrogen-bond acceptors (Lipinski definition) is 4. The molecule has 0 aromatic heterocycles. The van der Waals surface area contributed by atoms with E-state index in [4.69, 9.17) is 0 Å². The van der Waals surface area contributed by atoms with Gasteiger partial charge >= 0.3 is 0 Å². The molecule has 5 heteroatoms. The van der Waals surface area contributed by atoms with Crippen molar-refractivity contribution < 1.29 is 18.6 Å². The summed E-state index contributed by atoms with van der Waals surface area (Å²) >= 11 is 0. The van der Waals surface area contributed by atoms with Crippen molar-refractivity contribution in [1.29, 1.82) is 0 Å². The number of aromatic hydroxyl groups is 2. The SMILES string of the molecule is C=Cc1cc(S(=O)(=O)c2cc(C)c(O)c(C=C)c2)cc(C)c1O. The predicted octanol–water partition coefficient (Wildman–Crippen LogP) is 3.83. The zero-order valence-electron chi connectivity index (χ0n) is 13.0. The van der Waals surface area contributed by atoms with E-state index in [2.05, 4.69) is 13.2 Å². The van der Waals surface area contributed by atoms with E-state index in [-0.39, 0.29) is 21.3 Å². The quantitative estimate of drug-likeness (QED) is 0.893. The van der Waals surface area contributed by atoms with Crippen LogP contribution >= 0.6 is 0 Å². The Morgan fingerprint density at radius 1 is 0.826 bits per heavy atom. The van der Waals surface area contributed by atoms with Gasteiger partial charge in [0.2, 0.25) is 9.84 Å². The van der Waals surface area contributed by atoms with Crippen molar-refractivity contribution in [3.8, 4) is 11.5 Å². The van der Waals surface area contributed by atoms with Crippen molar-refractivity contribution in [2.75, 3.05) is 0 Å². The Morgan fingerprint density at radius 3 is 1.48 bits per heavy atom. The number of phenolic OH excluding ortho intramolecular Hbond substituents is 2. The molecule has 0 radical (unpaired) electrons. The maximum atomic E-state index is 12.9. The Bertz CT molecular complexity index is 840. The zero-order valence-corrected chi connectivity index (χ0v) is 13.8. The highest BCUT2D eigenvalue weighted by molar-refractivity contribution is 7.91. The zero-order chi connectivity index (χ0) is 17.4. The number of phenols is 2. The van der Waals surface area contributed by atoms with Crippen molar-refractivity contribution in [2.45, 2.75) is 23.6 Å². The lowest BCUT2D eigenvalue weighted by atomic mass is 10.1. The van der Waals surface area contributed by atoms with Crippen LogP contribution in [0, 0.1) is 13.8 Å². The number of hydrogen-bond donors (Lipinski definition) is 2. The molecule has 4 nitrogen and oxygen atoms in total. The van der Waals surface area contributed by atoms with Gasteiger partial charge in [0, 0.05) is 11.1 Å². The first-order valence-electron chi connectivity index (χ1n) is 6.89. The number of aryl methyl sites for hydroxylation is 2. The third-order valence-corrected chi connectivity index (χ3v) is 5.38. The maximum Gasteiger partial charge on any atom is 0.206 e. The van der Waals surface area contributed by atoms with Crippen LogP contribution in [0.25, 0.3) is 12.2 Å². The number of rotatable bonds is 4. The molecule has 0 bridgehead atoms. The highest BCUT2D eigenvalue weighted by Crippen LogP contribution is 2.33. The van der Waals surface area contributed by atoms with Gasteiger partial charge in [-0.05, 0) is 49.2 Å². The van der Waals surface area contributed by atoms with E-state index in [0.717, 1.165) is 0 Å². The van der Waals surface area contributed by atoms with Crippen LogP contribution in [0.5, 0.6) is 11.5 Å². The van der Waals surface area contributed by atoms with Crippen molar-refractivity contribution in [3.05, 3.63) is 59.7 Å². The Balaban J connectivity index is 2.73. The Hall–Kier alpha value is -2.53. The van der Waals surface area contributed by atoms with Gasteiger partial charge in [-0.15, -0.1) is 0 Å². The molecular weight excluding hydrogens is 312 g/mol. The van der Waals surface area contributed by atoms with Crippen LogP contribution < -0.4 is 0 Å². The molecule has 0 atom stereocenters. The molecule has 120 valence electrons. The largest absolute Gasteiger partial charge is 0.507 e. The second-order valence-corrected chi connectivity index (χ2v) is 7.22. The summed E-state index contributed by atoms with van der Waals surface area (Å²) in [7, 11) is -3.80. The first-order chi connectivity index (χ1) is 10.7. The fourth-order valence-corrected chi connectivity index (χ4v) is 3.80. The van der Waals surface area contributed by atoms with Gasteiger partial charge in [-0.1, -0.05) is 25.3 Å². The van der Waals surface area contributed by atoms with Crippen molar-refractivity contribution in [1.82, 2.24) is 0 Å². The van der Waals surface area contributed by atoms with Gasteiger partial charge in [0.1, 0.15) is 11.5 Å². The summed E-state index contributed by atoms with van der Waals surface area (Å²) in [5, 5.41) is 19.8. The van der Waals surface area contributed by atoms with Crippen molar-refractivity contribution >= 4 is 22.0 Å². The van der Waals surface area contributed by atoms with Crippen LogP contribution in [-0.4, -0.2) is 18.6 Å². The van der Waals surface area contributed by atoms with E-state index < -0.39 is 9.84 Å². The summed E-state index contributed by atoms with van der Waals surface area (Å²) in [6.45, 7) is 10.4. The molecule has 0 spiro atoms. The highest BCUT2D eigenvalue weighted by Gasteiger charge is 2.22. The third-order valence-electron chi connectivity index (χ3n) is 3.67. The molecule has 0 aliphatic heterocycles. The lowest BCUT2D eigenvalue weighted by molar-refractivity contribution is 0.469. The van der Waals surface area contributed by atoms with E-state index in [1.807, 2.05) is 0 Å². The van der Waals surface area contributed by atoms with E-state index in [9.17, 15) is 18.6 Å². The fraction of sp³-hybridized carbons (Fsp3) is 0.111. The summed E-state index contributed by atoms with van der Waals surface area (Å²) in [6, 6.07) is 5.57. The molecular formula is C18H18O4S. The van der Waals surface area contributed by atoms with Gasteiger partial charge in [0.15, 0.2) is 0 Å². The van der Waals surface area contributed by atoms with Crippen LogP contribution in [0.2, 0.25) is 0 Å². The van der Waals surface area contributed by atoms with Crippen LogP contribution in [0.1, 0.15) is 22.3 Å². The van der Waals surface area contributed by atoms with Gasteiger partial charge in [-0.2, -0.15) is 0 Å². The molecule has 0 unspecified atom stereocenters. The molecule has 0 heterocycles.